The van der Waals surface area contributed by atoms with E-state index in [2.05, 4.69) is 5.32 Å². The molecule has 6 nitrogen and oxygen atoms in total. The number of thioether (sulfide) groups is 1. The van der Waals surface area contributed by atoms with Gasteiger partial charge in [0.15, 0.2) is 0 Å². The van der Waals surface area contributed by atoms with Crippen LogP contribution in [0.5, 0.6) is 0 Å². The van der Waals surface area contributed by atoms with Crippen molar-refractivity contribution >= 4 is 39.6 Å². The molecule has 1 saturated heterocycles. The molecule has 1 amide bonds. The topological polar surface area (TPSA) is 86.7 Å². The van der Waals surface area contributed by atoms with Crippen molar-refractivity contribution in [1.29, 1.82) is 0 Å². The van der Waals surface area contributed by atoms with Crippen molar-refractivity contribution in [2.75, 3.05) is 0 Å². The van der Waals surface area contributed by atoms with E-state index in [0.717, 1.165) is 22.3 Å². The molecule has 2 N–H and O–H groups in total. The molecule has 0 saturated carbocycles. The van der Waals surface area contributed by atoms with Gasteiger partial charge in [0.05, 0.1) is 5.54 Å². The van der Waals surface area contributed by atoms with E-state index < -0.39 is 33.2 Å². The summed E-state index contributed by atoms with van der Waals surface area (Å²) in [7, 11) is -4.76. The third-order valence-electron chi connectivity index (χ3n) is 6.57. The van der Waals surface area contributed by atoms with Gasteiger partial charge < -0.3 is 0 Å². The number of carbonyl (C=O) groups excluding carboxylic acids is 1. The molecule has 0 aliphatic carbocycles. The second-order valence-corrected chi connectivity index (χ2v) is 11.7. The number of hydrogen-bond acceptors (Lipinski definition) is 5. The van der Waals surface area contributed by atoms with E-state index >= 15 is 0 Å². The first-order chi connectivity index (χ1) is 18.3. The Kier molecular flexibility index (Phi) is 7.61. The summed E-state index contributed by atoms with van der Waals surface area (Å²) in [6, 6.07) is 35.5. The number of nitrogens with one attached hydrogen (secondary N) is 1. The fourth-order valence-corrected chi connectivity index (χ4v) is 7.32. The lowest BCUT2D eigenvalue weighted by Crippen LogP contribution is -2.72. The van der Waals surface area contributed by atoms with Crippen LogP contribution in [-0.2, 0) is 26.4 Å². The third kappa shape index (κ3) is 5.10. The highest BCUT2D eigenvalue weighted by Crippen LogP contribution is 2.42. The quantitative estimate of drug-likeness (QED) is 0.159. The number of amides is 1. The summed E-state index contributed by atoms with van der Waals surface area (Å²) in [5.41, 5.74) is 2.59. The molecule has 2 atom stereocenters. The van der Waals surface area contributed by atoms with E-state index in [0.29, 0.717) is 15.1 Å². The van der Waals surface area contributed by atoms with Gasteiger partial charge in [-0.25, -0.2) is 0 Å². The van der Waals surface area contributed by atoms with Crippen molar-refractivity contribution < 1.29 is 17.8 Å². The third-order valence-corrected chi connectivity index (χ3v) is 9.19. The van der Waals surface area contributed by atoms with E-state index in [9.17, 15) is 17.8 Å². The average molecular weight is 565 g/mol. The Labute approximate surface area is 231 Å². The minimum Gasteiger partial charge on any atom is -0.286 e. The molecular formula is C29H25ClN2O4S2. The summed E-state index contributed by atoms with van der Waals surface area (Å²) in [5.74, 6) is -0.304. The Morgan fingerprint density at radius 1 is 0.789 bits per heavy atom. The van der Waals surface area contributed by atoms with Crippen LogP contribution < -0.4 is 5.32 Å². The largest absolute Gasteiger partial charge is 0.363 e. The summed E-state index contributed by atoms with van der Waals surface area (Å²) >= 11 is 7.26. The molecule has 5 rings (SSSR count). The zero-order chi connectivity index (χ0) is 26.8. The second-order valence-electron chi connectivity index (χ2n) is 8.91. The Bertz CT molecular complexity index is 1410. The highest BCUT2D eigenvalue weighted by Gasteiger charge is 2.56. The number of benzene rings is 4. The number of rotatable bonds is 9. The summed E-state index contributed by atoms with van der Waals surface area (Å²) < 4.78 is 34.9. The first kappa shape index (κ1) is 26.5. The van der Waals surface area contributed by atoms with Crippen LogP contribution in [0.1, 0.15) is 22.3 Å². The minimum atomic E-state index is -4.76. The first-order valence-electron chi connectivity index (χ1n) is 11.9. The van der Waals surface area contributed by atoms with E-state index in [1.807, 2.05) is 103 Å². The molecule has 0 radical (unpaired) electrons. The standard InChI is InChI=1S/C29H25ClN2O4S2/c30-25-18-16-21(17-19-25)20-37-28-26(27(33)32(28)38(34,35)36)31-29(22-10-4-1-5-11-22,23-12-6-2-7-13-23)24-14-8-3-9-15-24/h1-19,26,28,31H,20H2,(H,34,35,36)/t26-,28?/m1/s1. The van der Waals surface area contributed by atoms with E-state index in [1.54, 1.807) is 12.1 Å². The maximum Gasteiger partial charge on any atom is 0.363 e. The van der Waals surface area contributed by atoms with E-state index in [4.69, 9.17) is 11.6 Å². The van der Waals surface area contributed by atoms with Crippen molar-refractivity contribution in [3.8, 4) is 0 Å². The van der Waals surface area contributed by atoms with Crippen LogP contribution in [-0.4, -0.2) is 34.6 Å². The lowest BCUT2D eigenvalue weighted by atomic mass is 9.76. The van der Waals surface area contributed by atoms with Crippen molar-refractivity contribution in [2.24, 2.45) is 0 Å². The molecule has 4 aromatic rings. The number of β-lactam (4-membered cyclic amide) rings is 1. The fourth-order valence-electron chi connectivity index (χ4n) is 4.79. The molecule has 1 fully saturated rings. The van der Waals surface area contributed by atoms with Gasteiger partial charge in [0.1, 0.15) is 11.4 Å². The molecule has 38 heavy (non-hydrogen) atoms. The van der Waals surface area contributed by atoms with Gasteiger partial charge >= 0.3 is 10.3 Å². The van der Waals surface area contributed by atoms with Crippen molar-refractivity contribution in [3.63, 3.8) is 0 Å². The predicted molar refractivity (Wildman–Crippen MR) is 151 cm³/mol. The smallest absolute Gasteiger partial charge is 0.286 e. The molecule has 1 aliphatic heterocycles. The maximum atomic E-state index is 13.3. The van der Waals surface area contributed by atoms with Gasteiger partial charge in [-0.05, 0) is 34.4 Å². The summed E-state index contributed by atoms with van der Waals surface area (Å²) in [5, 5.41) is 3.28. The number of carbonyl (C=O) groups is 1. The average Bonchev–Trinajstić information content (AvgIpc) is 2.93. The van der Waals surface area contributed by atoms with Crippen LogP contribution in [0.4, 0.5) is 0 Å². The number of halogens is 1. The van der Waals surface area contributed by atoms with Crippen molar-refractivity contribution in [2.45, 2.75) is 22.7 Å². The molecule has 1 heterocycles. The lowest BCUT2D eigenvalue weighted by molar-refractivity contribution is -0.139. The Morgan fingerprint density at radius 3 is 1.66 bits per heavy atom. The van der Waals surface area contributed by atoms with Crippen LogP contribution in [0, 0.1) is 0 Å². The van der Waals surface area contributed by atoms with Crippen molar-refractivity contribution in [1.82, 2.24) is 9.62 Å². The van der Waals surface area contributed by atoms with Crippen molar-refractivity contribution in [3.05, 3.63) is 143 Å². The van der Waals surface area contributed by atoms with Crippen LogP contribution in [0.2, 0.25) is 5.02 Å². The molecule has 0 spiro atoms. The molecule has 194 valence electrons. The van der Waals surface area contributed by atoms with Gasteiger partial charge in [0, 0.05) is 10.8 Å². The molecule has 1 unspecified atom stereocenters. The van der Waals surface area contributed by atoms with E-state index in [-0.39, 0.29) is 0 Å². The highest BCUT2D eigenvalue weighted by molar-refractivity contribution is 8.00. The minimum absolute atomic E-state index is 0.411. The van der Waals surface area contributed by atoms with Crippen LogP contribution in [0.25, 0.3) is 0 Å². The van der Waals surface area contributed by atoms with E-state index in [1.165, 1.54) is 11.8 Å². The Morgan fingerprint density at radius 2 is 1.24 bits per heavy atom. The van der Waals surface area contributed by atoms with Gasteiger partial charge in [-0.15, -0.1) is 11.8 Å². The number of nitrogens with zero attached hydrogens (tertiary/aromatic N) is 1. The zero-order valence-corrected chi connectivity index (χ0v) is 22.5. The Hall–Kier alpha value is -3.14. The second kappa shape index (κ2) is 10.9. The first-order valence-corrected chi connectivity index (χ1v) is 14.7. The van der Waals surface area contributed by atoms with Gasteiger partial charge in [0.2, 0.25) is 0 Å². The predicted octanol–water partition coefficient (Wildman–Crippen LogP) is 5.49. The van der Waals surface area contributed by atoms with Gasteiger partial charge in [-0.1, -0.05) is 115 Å². The monoisotopic (exact) mass is 564 g/mol. The molecule has 0 bridgehead atoms. The normalized spacial score (nSPS) is 17.7. The number of hydrogen-bond donors (Lipinski definition) is 2. The van der Waals surface area contributed by atoms with Crippen LogP contribution in [0.3, 0.4) is 0 Å². The summed E-state index contributed by atoms with van der Waals surface area (Å²) in [6.07, 6.45) is 0. The van der Waals surface area contributed by atoms with Gasteiger partial charge in [0.25, 0.3) is 5.91 Å². The van der Waals surface area contributed by atoms with Gasteiger partial charge in [-0.2, -0.15) is 12.7 Å². The summed E-state index contributed by atoms with van der Waals surface area (Å²) in [6.45, 7) is 0. The Balaban J connectivity index is 1.59. The fraction of sp³-hybridized carbons (Fsp3) is 0.138. The maximum absolute atomic E-state index is 13.3. The van der Waals surface area contributed by atoms with Crippen LogP contribution in [0.15, 0.2) is 115 Å². The lowest BCUT2D eigenvalue weighted by Gasteiger charge is -2.49. The highest BCUT2D eigenvalue weighted by atomic mass is 35.5. The van der Waals surface area contributed by atoms with Crippen LogP contribution >= 0.6 is 23.4 Å². The molecule has 1 aliphatic rings. The zero-order valence-electron chi connectivity index (χ0n) is 20.1. The molecule has 9 heteroatoms. The molecular weight excluding hydrogens is 540 g/mol. The van der Waals surface area contributed by atoms with Gasteiger partial charge in [-0.3, -0.25) is 14.7 Å². The SMILES string of the molecule is O=C1[C@@H](NC(c2ccccc2)(c2ccccc2)c2ccccc2)C(SCc2ccc(Cl)cc2)N1S(=O)(=O)O. The molecule has 4 aromatic carbocycles. The molecule has 0 aromatic heterocycles. The summed E-state index contributed by atoms with van der Waals surface area (Å²) in [4.78, 5) is 13.3.